The Hall–Kier alpha value is -2.11. The number of aromatic nitrogens is 1. The molecule has 0 saturated carbocycles. The molecule has 1 fully saturated rings. The van der Waals surface area contributed by atoms with Gasteiger partial charge in [0.05, 0.1) is 6.61 Å². The van der Waals surface area contributed by atoms with Gasteiger partial charge in [-0.25, -0.2) is 0 Å². The van der Waals surface area contributed by atoms with Crippen molar-refractivity contribution in [2.75, 3.05) is 32.8 Å². The quantitative estimate of drug-likeness (QED) is 0.758. The lowest BCUT2D eigenvalue weighted by molar-refractivity contribution is 0.0628. The van der Waals surface area contributed by atoms with Gasteiger partial charge in [-0.15, -0.1) is 12.4 Å². The first kappa shape index (κ1) is 21.2. The van der Waals surface area contributed by atoms with Crippen LogP contribution in [0.3, 0.4) is 0 Å². The van der Waals surface area contributed by atoms with Gasteiger partial charge in [-0.2, -0.15) is 0 Å². The number of hydrogen-bond acceptors (Lipinski definition) is 4. The number of halogens is 1. The number of nitrogens with zero attached hydrogens (tertiary/aromatic N) is 3. The lowest BCUT2D eigenvalue weighted by atomic mass is 10.1. The molecule has 2 heterocycles. The number of hydrogen-bond donors (Lipinski definition) is 0. The van der Waals surface area contributed by atoms with E-state index in [4.69, 9.17) is 4.74 Å². The summed E-state index contributed by atoms with van der Waals surface area (Å²) in [7, 11) is 0. The first-order chi connectivity index (χ1) is 12.6. The normalized spacial score (nSPS) is 14.7. The summed E-state index contributed by atoms with van der Waals surface area (Å²) < 4.78 is 5.68. The van der Waals surface area contributed by atoms with Crippen LogP contribution in [0.2, 0.25) is 0 Å². The van der Waals surface area contributed by atoms with Gasteiger partial charge in [0.1, 0.15) is 5.75 Å². The maximum atomic E-state index is 12.7. The second-order valence-electron chi connectivity index (χ2n) is 7.15. The van der Waals surface area contributed by atoms with E-state index >= 15 is 0 Å². The van der Waals surface area contributed by atoms with Gasteiger partial charge in [0, 0.05) is 50.7 Å². The second kappa shape index (κ2) is 10.3. The fourth-order valence-electron chi connectivity index (χ4n) is 2.99. The van der Waals surface area contributed by atoms with Crippen molar-refractivity contribution in [1.82, 2.24) is 14.8 Å². The van der Waals surface area contributed by atoms with Gasteiger partial charge >= 0.3 is 0 Å². The largest absolute Gasteiger partial charge is 0.493 e. The predicted molar refractivity (Wildman–Crippen MR) is 109 cm³/mol. The number of benzene rings is 1. The van der Waals surface area contributed by atoms with E-state index in [1.54, 1.807) is 0 Å². The monoisotopic (exact) mass is 389 g/mol. The van der Waals surface area contributed by atoms with Gasteiger partial charge in [-0.3, -0.25) is 14.7 Å². The molecule has 0 bridgehead atoms. The van der Waals surface area contributed by atoms with Crippen LogP contribution in [0.25, 0.3) is 0 Å². The number of piperazine rings is 1. The summed E-state index contributed by atoms with van der Waals surface area (Å²) in [5.41, 5.74) is 1.99. The average molecular weight is 390 g/mol. The van der Waals surface area contributed by atoms with Gasteiger partial charge < -0.3 is 9.64 Å². The molecule has 1 aliphatic rings. The molecule has 0 aliphatic carbocycles. The van der Waals surface area contributed by atoms with Crippen LogP contribution >= 0.6 is 12.4 Å². The second-order valence-corrected chi connectivity index (χ2v) is 7.15. The van der Waals surface area contributed by atoms with Gasteiger partial charge in [0.25, 0.3) is 5.91 Å². The molecule has 0 radical (unpaired) electrons. The Labute approximate surface area is 167 Å². The number of carbonyl (C=O) groups excluding carboxylic acids is 1. The molecule has 0 N–H and O–H groups in total. The number of carbonyl (C=O) groups is 1. The van der Waals surface area contributed by atoms with Crippen molar-refractivity contribution in [2.24, 2.45) is 5.92 Å². The number of rotatable bonds is 6. The number of ether oxygens (including phenoxy) is 1. The summed E-state index contributed by atoms with van der Waals surface area (Å²) in [6.07, 6.45) is 3.65. The Bertz CT molecular complexity index is 699. The highest BCUT2D eigenvalue weighted by molar-refractivity contribution is 5.94. The van der Waals surface area contributed by atoms with E-state index < -0.39 is 0 Å². The zero-order chi connectivity index (χ0) is 18.4. The molecule has 0 spiro atoms. The molecule has 6 heteroatoms. The van der Waals surface area contributed by atoms with Crippen LogP contribution < -0.4 is 4.74 Å². The minimum Gasteiger partial charge on any atom is -0.493 e. The Morgan fingerprint density at radius 1 is 1.04 bits per heavy atom. The lowest BCUT2D eigenvalue weighted by Gasteiger charge is -2.34. The highest BCUT2D eigenvalue weighted by Crippen LogP contribution is 2.16. The van der Waals surface area contributed by atoms with Crippen molar-refractivity contribution in [1.29, 1.82) is 0 Å². The topological polar surface area (TPSA) is 45.7 Å². The molecule has 27 heavy (non-hydrogen) atoms. The predicted octanol–water partition coefficient (Wildman–Crippen LogP) is 3.50. The Morgan fingerprint density at radius 2 is 1.67 bits per heavy atom. The zero-order valence-electron chi connectivity index (χ0n) is 16.0. The van der Waals surface area contributed by atoms with E-state index in [9.17, 15) is 4.79 Å². The summed E-state index contributed by atoms with van der Waals surface area (Å²) in [6.45, 7) is 9.13. The first-order valence-electron chi connectivity index (χ1n) is 9.25. The molecule has 2 aromatic rings. The van der Waals surface area contributed by atoms with E-state index in [1.807, 2.05) is 53.7 Å². The van der Waals surface area contributed by atoms with Crippen molar-refractivity contribution in [3.8, 4) is 5.75 Å². The Morgan fingerprint density at radius 3 is 2.26 bits per heavy atom. The molecular formula is C21H28ClN3O2. The maximum Gasteiger partial charge on any atom is 0.253 e. The Kier molecular flexibility index (Phi) is 8.07. The van der Waals surface area contributed by atoms with Crippen molar-refractivity contribution in [3.63, 3.8) is 0 Å². The van der Waals surface area contributed by atoms with Crippen LogP contribution in [-0.4, -0.2) is 53.5 Å². The van der Waals surface area contributed by atoms with Crippen LogP contribution in [0.4, 0.5) is 0 Å². The van der Waals surface area contributed by atoms with Crippen LogP contribution in [-0.2, 0) is 6.54 Å². The van der Waals surface area contributed by atoms with E-state index in [0.717, 1.165) is 44.0 Å². The Balaban J connectivity index is 0.00000261. The smallest absolute Gasteiger partial charge is 0.253 e. The standard InChI is InChI=1S/C21H27N3O2.ClH/c1-17(2)16-26-20-5-3-19(4-6-20)21(25)24-13-11-23(12-14-24)15-18-7-9-22-10-8-18;/h3-10,17H,11-16H2,1-2H3;1H. The first-order valence-corrected chi connectivity index (χ1v) is 9.25. The third-order valence-corrected chi connectivity index (χ3v) is 4.50. The van der Waals surface area contributed by atoms with E-state index in [2.05, 4.69) is 23.7 Å². The summed E-state index contributed by atoms with van der Waals surface area (Å²) >= 11 is 0. The summed E-state index contributed by atoms with van der Waals surface area (Å²) in [4.78, 5) is 21.1. The van der Waals surface area contributed by atoms with Gasteiger partial charge in [-0.05, 0) is 47.9 Å². The van der Waals surface area contributed by atoms with Crippen molar-refractivity contribution in [3.05, 3.63) is 59.9 Å². The third-order valence-electron chi connectivity index (χ3n) is 4.50. The molecule has 5 nitrogen and oxygen atoms in total. The fourth-order valence-corrected chi connectivity index (χ4v) is 2.99. The lowest BCUT2D eigenvalue weighted by Crippen LogP contribution is -2.48. The minimum atomic E-state index is 0. The van der Waals surface area contributed by atoms with Crippen LogP contribution in [0, 0.1) is 5.92 Å². The molecule has 1 saturated heterocycles. The molecule has 1 aliphatic heterocycles. The van der Waals surface area contributed by atoms with Gasteiger partial charge in [0.2, 0.25) is 0 Å². The molecule has 0 atom stereocenters. The van der Waals surface area contributed by atoms with Crippen LogP contribution in [0.5, 0.6) is 5.75 Å². The average Bonchev–Trinajstić information content (AvgIpc) is 2.68. The number of pyridine rings is 1. The third kappa shape index (κ3) is 6.22. The molecule has 1 aromatic heterocycles. The molecule has 0 unspecified atom stereocenters. The van der Waals surface area contributed by atoms with Gasteiger partial charge in [-0.1, -0.05) is 13.8 Å². The van der Waals surface area contributed by atoms with Gasteiger partial charge in [0.15, 0.2) is 0 Å². The maximum absolute atomic E-state index is 12.7. The van der Waals surface area contributed by atoms with Crippen molar-refractivity contribution < 1.29 is 9.53 Å². The zero-order valence-corrected chi connectivity index (χ0v) is 16.8. The van der Waals surface area contributed by atoms with Crippen molar-refractivity contribution >= 4 is 18.3 Å². The van der Waals surface area contributed by atoms with Crippen LogP contribution in [0.1, 0.15) is 29.8 Å². The molecule has 1 aromatic carbocycles. The van der Waals surface area contributed by atoms with E-state index in [0.29, 0.717) is 12.5 Å². The van der Waals surface area contributed by atoms with Crippen LogP contribution in [0.15, 0.2) is 48.8 Å². The SMILES string of the molecule is CC(C)COc1ccc(C(=O)N2CCN(Cc3ccncc3)CC2)cc1.Cl. The molecular weight excluding hydrogens is 362 g/mol. The number of amides is 1. The highest BCUT2D eigenvalue weighted by Gasteiger charge is 2.22. The molecule has 3 rings (SSSR count). The van der Waals surface area contributed by atoms with E-state index in [-0.39, 0.29) is 18.3 Å². The molecule has 146 valence electrons. The van der Waals surface area contributed by atoms with Crippen molar-refractivity contribution in [2.45, 2.75) is 20.4 Å². The highest BCUT2D eigenvalue weighted by atomic mass is 35.5. The molecule has 1 amide bonds. The summed E-state index contributed by atoms with van der Waals surface area (Å²) in [6, 6.07) is 11.6. The summed E-state index contributed by atoms with van der Waals surface area (Å²) in [5.74, 6) is 1.40. The summed E-state index contributed by atoms with van der Waals surface area (Å²) in [5, 5.41) is 0. The fraction of sp³-hybridized carbons (Fsp3) is 0.429. The van der Waals surface area contributed by atoms with E-state index in [1.165, 1.54) is 5.56 Å². The minimum absolute atomic E-state index is 0.